The van der Waals surface area contributed by atoms with Crippen LogP contribution >= 0.6 is 0 Å². The number of rotatable bonds is 6. The van der Waals surface area contributed by atoms with Crippen LogP contribution in [-0.4, -0.2) is 34.1 Å². The largest absolute Gasteiger partial charge is 0.480 e. The van der Waals surface area contributed by atoms with Crippen molar-refractivity contribution >= 4 is 28.4 Å². The van der Waals surface area contributed by atoms with Gasteiger partial charge in [0.1, 0.15) is 12.4 Å². The number of carboxylic acids is 1. The predicted molar refractivity (Wildman–Crippen MR) is 78.4 cm³/mol. The van der Waals surface area contributed by atoms with Gasteiger partial charge in [-0.25, -0.2) is 4.98 Å². The first-order valence-electron chi connectivity index (χ1n) is 6.14. The van der Waals surface area contributed by atoms with Crippen LogP contribution in [0.5, 0.6) is 0 Å². The zero-order valence-corrected chi connectivity index (χ0v) is 11.1. The second kappa shape index (κ2) is 6.00. The van der Waals surface area contributed by atoms with Crippen molar-refractivity contribution in [2.75, 3.05) is 18.0 Å². The molecule has 0 saturated carbocycles. The number of aromatic nitrogens is 1. The average molecular weight is 287 g/mol. The zero-order valence-electron chi connectivity index (χ0n) is 11.1. The molecule has 108 valence electrons. The lowest BCUT2D eigenvalue weighted by Gasteiger charge is -2.20. The fourth-order valence-corrected chi connectivity index (χ4v) is 1.95. The van der Waals surface area contributed by atoms with Crippen LogP contribution in [-0.2, 0) is 4.79 Å². The average Bonchev–Trinajstić information content (AvgIpc) is 2.45. The van der Waals surface area contributed by atoms with Crippen LogP contribution in [0.4, 0.5) is 11.5 Å². The molecule has 0 atom stereocenters. The maximum absolute atomic E-state index is 10.9. The molecule has 0 unspecified atom stereocenters. The SMILES string of the molecule is C=CCN(CC(=O)O)c1ccc2cc([N+](=O)[O-])ccc2n1. The number of pyridine rings is 1. The lowest BCUT2D eigenvalue weighted by molar-refractivity contribution is -0.384. The van der Waals surface area contributed by atoms with E-state index >= 15 is 0 Å². The number of nitrogens with zero attached hydrogens (tertiary/aromatic N) is 3. The number of carboxylic acid groups (broad SMARTS) is 1. The third-order valence-corrected chi connectivity index (χ3v) is 2.87. The molecule has 7 nitrogen and oxygen atoms in total. The van der Waals surface area contributed by atoms with E-state index in [0.29, 0.717) is 23.3 Å². The molecule has 0 aliphatic heterocycles. The Morgan fingerprint density at radius 1 is 1.43 bits per heavy atom. The van der Waals surface area contributed by atoms with Crippen molar-refractivity contribution in [3.8, 4) is 0 Å². The molecule has 1 heterocycles. The Morgan fingerprint density at radius 2 is 2.19 bits per heavy atom. The van der Waals surface area contributed by atoms with Gasteiger partial charge in [0.05, 0.1) is 10.4 Å². The van der Waals surface area contributed by atoms with Crippen molar-refractivity contribution in [2.45, 2.75) is 0 Å². The van der Waals surface area contributed by atoms with Crippen LogP contribution in [0, 0.1) is 10.1 Å². The van der Waals surface area contributed by atoms with Gasteiger partial charge in [0.2, 0.25) is 0 Å². The normalized spacial score (nSPS) is 10.3. The highest BCUT2D eigenvalue weighted by Gasteiger charge is 2.12. The maximum atomic E-state index is 10.9. The highest BCUT2D eigenvalue weighted by Crippen LogP contribution is 2.22. The van der Waals surface area contributed by atoms with Gasteiger partial charge >= 0.3 is 5.97 Å². The lowest BCUT2D eigenvalue weighted by atomic mass is 10.2. The number of hydrogen-bond donors (Lipinski definition) is 1. The molecule has 7 heteroatoms. The van der Waals surface area contributed by atoms with Crippen LogP contribution in [0.15, 0.2) is 43.0 Å². The Bertz CT molecular complexity index is 714. The molecule has 0 bridgehead atoms. The number of nitro benzene ring substituents is 1. The number of carbonyl (C=O) groups is 1. The molecule has 1 N–H and O–H groups in total. The molecular formula is C14H13N3O4. The maximum Gasteiger partial charge on any atom is 0.323 e. The second-order valence-electron chi connectivity index (χ2n) is 4.37. The van der Waals surface area contributed by atoms with Crippen molar-refractivity contribution in [3.63, 3.8) is 0 Å². The van der Waals surface area contributed by atoms with Gasteiger partial charge in [-0.2, -0.15) is 0 Å². The molecule has 2 rings (SSSR count). The van der Waals surface area contributed by atoms with Gasteiger partial charge in [-0.3, -0.25) is 14.9 Å². The predicted octanol–water partition coefficient (Wildman–Crippen LogP) is 2.22. The molecule has 0 spiro atoms. The minimum absolute atomic E-state index is 0.00877. The number of fused-ring (bicyclic) bond motifs is 1. The fraction of sp³-hybridized carbons (Fsp3) is 0.143. The van der Waals surface area contributed by atoms with Crippen LogP contribution in [0.25, 0.3) is 10.9 Å². The van der Waals surface area contributed by atoms with Crippen LogP contribution in [0.3, 0.4) is 0 Å². The Morgan fingerprint density at radius 3 is 2.81 bits per heavy atom. The minimum Gasteiger partial charge on any atom is -0.480 e. The Labute approximate surface area is 120 Å². The van der Waals surface area contributed by atoms with Crippen LogP contribution in [0.2, 0.25) is 0 Å². The highest BCUT2D eigenvalue weighted by atomic mass is 16.6. The number of hydrogen-bond acceptors (Lipinski definition) is 5. The first-order chi connectivity index (χ1) is 10.0. The van der Waals surface area contributed by atoms with E-state index in [1.54, 1.807) is 29.2 Å². The number of aliphatic carboxylic acids is 1. The summed E-state index contributed by atoms with van der Waals surface area (Å²) in [6.07, 6.45) is 1.59. The molecule has 0 radical (unpaired) electrons. The molecule has 0 aliphatic rings. The molecule has 0 amide bonds. The van der Waals surface area contributed by atoms with Gasteiger partial charge in [-0.15, -0.1) is 6.58 Å². The van der Waals surface area contributed by atoms with Gasteiger partial charge in [0.25, 0.3) is 5.69 Å². The van der Waals surface area contributed by atoms with E-state index in [1.165, 1.54) is 12.1 Å². The summed E-state index contributed by atoms with van der Waals surface area (Å²) < 4.78 is 0. The minimum atomic E-state index is -0.970. The second-order valence-corrected chi connectivity index (χ2v) is 4.37. The smallest absolute Gasteiger partial charge is 0.323 e. The molecule has 21 heavy (non-hydrogen) atoms. The Hall–Kier alpha value is -2.96. The van der Waals surface area contributed by atoms with E-state index in [0.717, 1.165) is 0 Å². The van der Waals surface area contributed by atoms with Gasteiger partial charge in [-0.05, 0) is 18.2 Å². The van der Waals surface area contributed by atoms with Crippen LogP contribution < -0.4 is 4.90 Å². The Kier molecular flexibility index (Phi) is 4.13. The summed E-state index contributed by atoms with van der Waals surface area (Å²) in [6.45, 7) is 3.74. The zero-order chi connectivity index (χ0) is 15.4. The van der Waals surface area contributed by atoms with E-state index in [1.807, 2.05) is 0 Å². The summed E-state index contributed by atoms with van der Waals surface area (Å²) in [5, 5.41) is 20.3. The third-order valence-electron chi connectivity index (χ3n) is 2.87. The molecule has 0 fully saturated rings. The summed E-state index contributed by atoms with van der Waals surface area (Å²) in [5.74, 6) is -0.485. The number of anilines is 1. The molecule has 0 saturated heterocycles. The van der Waals surface area contributed by atoms with E-state index in [9.17, 15) is 14.9 Å². The molecular weight excluding hydrogens is 274 g/mol. The Balaban J connectivity index is 2.41. The van der Waals surface area contributed by atoms with E-state index in [-0.39, 0.29) is 12.2 Å². The number of non-ortho nitro benzene ring substituents is 1. The van der Waals surface area contributed by atoms with Gasteiger partial charge < -0.3 is 10.0 Å². The van der Waals surface area contributed by atoms with Gasteiger partial charge in [0.15, 0.2) is 0 Å². The van der Waals surface area contributed by atoms with E-state index in [4.69, 9.17) is 5.11 Å². The van der Waals surface area contributed by atoms with Gasteiger partial charge in [-0.1, -0.05) is 6.08 Å². The van der Waals surface area contributed by atoms with E-state index < -0.39 is 10.9 Å². The highest BCUT2D eigenvalue weighted by molar-refractivity contribution is 5.83. The van der Waals surface area contributed by atoms with Gasteiger partial charge in [0, 0.05) is 24.1 Å². The summed E-state index contributed by atoms with van der Waals surface area (Å²) in [7, 11) is 0. The summed E-state index contributed by atoms with van der Waals surface area (Å²) in [5.41, 5.74) is 0.558. The first kappa shape index (κ1) is 14.4. The third kappa shape index (κ3) is 3.33. The quantitative estimate of drug-likeness (QED) is 0.497. The lowest BCUT2D eigenvalue weighted by Crippen LogP contribution is -2.30. The van der Waals surface area contributed by atoms with Crippen molar-refractivity contribution in [1.82, 2.24) is 4.98 Å². The summed E-state index contributed by atoms with van der Waals surface area (Å²) in [6, 6.07) is 7.67. The van der Waals surface area contributed by atoms with Crippen molar-refractivity contribution in [3.05, 3.63) is 53.1 Å². The van der Waals surface area contributed by atoms with Crippen molar-refractivity contribution in [1.29, 1.82) is 0 Å². The summed E-state index contributed by atoms with van der Waals surface area (Å²) in [4.78, 5) is 27.0. The standard InChI is InChI=1S/C14H13N3O4/c1-2-7-16(9-14(18)19)13-6-3-10-8-11(17(20)21)4-5-12(10)15-13/h2-6,8H,1,7,9H2,(H,18,19). The molecule has 1 aromatic carbocycles. The molecule has 1 aromatic heterocycles. The summed E-state index contributed by atoms with van der Waals surface area (Å²) >= 11 is 0. The molecule has 2 aromatic rings. The van der Waals surface area contributed by atoms with Crippen LogP contribution in [0.1, 0.15) is 0 Å². The van der Waals surface area contributed by atoms with Crippen molar-refractivity contribution in [2.24, 2.45) is 0 Å². The monoisotopic (exact) mass is 287 g/mol. The topological polar surface area (TPSA) is 96.6 Å². The van der Waals surface area contributed by atoms with Crippen molar-refractivity contribution < 1.29 is 14.8 Å². The number of nitro groups is 1. The first-order valence-corrected chi connectivity index (χ1v) is 6.14. The number of benzene rings is 1. The molecule has 0 aliphatic carbocycles. The fourth-order valence-electron chi connectivity index (χ4n) is 1.95. The van der Waals surface area contributed by atoms with E-state index in [2.05, 4.69) is 11.6 Å².